The second-order valence-electron chi connectivity index (χ2n) is 3.77. The number of nitrogens with zero attached hydrogens (tertiary/aromatic N) is 1. The van der Waals surface area contributed by atoms with Crippen molar-refractivity contribution in [1.29, 1.82) is 0 Å². The van der Waals surface area contributed by atoms with Gasteiger partial charge in [-0.05, 0) is 26.8 Å². The van der Waals surface area contributed by atoms with Gasteiger partial charge >= 0.3 is 0 Å². The molecular weight excluding hydrogens is 136 g/mol. The summed E-state index contributed by atoms with van der Waals surface area (Å²) in [7, 11) is 2.11. The van der Waals surface area contributed by atoms with Crippen molar-refractivity contribution in [3.63, 3.8) is 0 Å². The number of hydrogen-bond acceptors (Lipinski definition) is 2. The molecule has 0 aliphatic carbocycles. The maximum absolute atomic E-state index is 4.07. The van der Waals surface area contributed by atoms with Gasteiger partial charge in [0, 0.05) is 19.3 Å². The number of rotatable bonds is 0. The Bertz CT molecular complexity index is 161. The van der Waals surface area contributed by atoms with Crippen molar-refractivity contribution < 1.29 is 0 Å². The molecule has 0 spiro atoms. The van der Waals surface area contributed by atoms with Gasteiger partial charge in [0.25, 0.3) is 0 Å². The Kier molecular flexibility index (Phi) is 2.23. The average molecular weight is 154 g/mol. The van der Waals surface area contributed by atoms with Crippen LogP contribution in [0, 0.1) is 0 Å². The molecule has 0 radical (unpaired) electrons. The summed E-state index contributed by atoms with van der Waals surface area (Å²) >= 11 is 0. The third-order valence-corrected chi connectivity index (χ3v) is 2.42. The monoisotopic (exact) mass is 154 g/mol. The minimum atomic E-state index is 0.0747. The average Bonchev–Trinajstić information content (AvgIpc) is 2.03. The molecule has 1 saturated heterocycles. The van der Waals surface area contributed by atoms with Crippen molar-refractivity contribution >= 4 is 0 Å². The second kappa shape index (κ2) is 2.86. The molecule has 2 heteroatoms. The van der Waals surface area contributed by atoms with Crippen LogP contribution < -0.4 is 5.32 Å². The lowest BCUT2D eigenvalue weighted by molar-refractivity contribution is 0.359. The van der Waals surface area contributed by atoms with Crippen molar-refractivity contribution in [3.8, 4) is 0 Å². The predicted molar refractivity (Wildman–Crippen MR) is 48.5 cm³/mol. The first kappa shape index (κ1) is 8.60. The molecule has 0 aromatic rings. The van der Waals surface area contributed by atoms with Gasteiger partial charge < -0.3 is 10.2 Å². The van der Waals surface area contributed by atoms with Crippen LogP contribution in [0.15, 0.2) is 12.3 Å². The van der Waals surface area contributed by atoms with E-state index in [0.717, 1.165) is 13.1 Å². The Morgan fingerprint density at radius 3 is 2.82 bits per heavy atom. The van der Waals surface area contributed by atoms with Crippen LogP contribution >= 0.6 is 0 Å². The molecular formula is C9H18N2. The smallest absolute Gasteiger partial charge is 0.0521 e. The van der Waals surface area contributed by atoms with Gasteiger partial charge in [-0.25, -0.2) is 0 Å². The first-order valence-corrected chi connectivity index (χ1v) is 4.19. The van der Waals surface area contributed by atoms with E-state index in [0.29, 0.717) is 0 Å². The number of nitrogens with one attached hydrogen (secondary N) is 1. The molecule has 1 aliphatic rings. The molecule has 0 saturated carbocycles. The molecule has 0 unspecified atom stereocenters. The van der Waals surface area contributed by atoms with Crippen molar-refractivity contribution in [2.45, 2.75) is 25.8 Å². The van der Waals surface area contributed by atoms with Gasteiger partial charge in [-0.3, -0.25) is 0 Å². The third-order valence-electron chi connectivity index (χ3n) is 2.42. The molecule has 0 amide bonds. The van der Waals surface area contributed by atoms with Gasteiger partial charge in [-0.1, -0.05) is 6.58 Å². The zero-order chi connectivity index (χ0) is 8.48. The topological polar surface area (TPSA) is 15.3 Å². The minimum absolute atomic E-state index is 0.0747. The van der Waals surface area contributed by atoms with Crippen LogP contribution in [0.1, 0.15) is 20.3 Å². The summed E-state index contributed by atoms with van der Waals surface area (Å²) < 4.78 is 0. The van der Waals surface area contributed by atoms with Crippen LogP contribution in [0.4, 0.5) is 0 Å². The van der Waals surface area contributed by atoms with E-state index in [2.05, 4.69) is 37.7 Å². The molecule has 64 valence electrons. The second-order valence-corrected chi connectivity index (χ2v) is 3.77. The number of hydrogen-bond donors (Lipinski definition) is 1. The molecule has 0 aromatic heterocycles. The molecule has 0 bridgehead atoms. The summed E-state index contributed by atoms with van der Waals surface area (Å²) in [5.74, 6) is 0. The van der Waals surface area contributed by atoms with E-state index in [1.807, 2.05) is 0 Å². The highest BCUT2D eigenvalue weighted by atomic mass is 15.2. The first-order valence-electron chi connectivity index (χ1n) is 4.19. The molecule has 1 aliphatic heterocycles. The van der Waals surface area contributed by atoms with Crippen LogP contribution in [-0.2, 0) is 0 Å². The fourth-order valence-electron chi connectivity index (χ4n) is 1.43. The zero-order valence-electron chi connectivity index (χ0n) is 7.78. The van der Waals surface area contributed by atoms with Gasteiger partial charge in [0.05, 0.1) is 5.54 Å². The summed E-state index contributed by atoms with van der Waals surface area (Å²) in [5, 5.41) is 3.46. The van der Waals surface area contributed by atoms with Crippen LogP contribution in [0.3, 0.4) is 0 Å². The highest BCUT2D eigenvalue weighted by molar-refractivity contribution is 5.12. The normalized spacial score (nSPS) is 25.0. The van der Waals surface area contributed by atoms with E-state index in [4.69, 9.17) is 0 Å². The van der Waals surface area contributed by atoms with E-state index >= 15 is 0 Å². The number of likely N-dealkylation sites (N-methyl/N-ethyl adjacent to an activating group) is 1. The van der Waals surface area contributed by atoms with Crippen LogP contribution in [-0.4, -0.2) is 30.6 Å². The molecule has 1 N–H and O–H groups in total. The summed E-state index contributed by atoms with van der Waals surface area (Å²) in [4.78, 5) is 2.24. The fourth-order valence-corrected chi connectivity index (χ4v) is 1.43. The van der Waals surface area contributed by atoms with E-state index in [1.54, 1.807) is 0 Å². The highest BCUT2D eigenvalue weighted by Crippen LogP contribution is 2.19. The Labute approximate surface area is 69.3 Å². The Hall–Kier alpha value is -0.500. The Morgan fingerprint density at radius 1 is 1.55 bits per heavy atom. The van der Waals surface area contributed by atoms with Gasteiger partial charge in [-0.2, -0.15) is 0 Å². The summed E-state index contributed by atoms with van der Waals surface area (Å²) in [5.41, 5.74) is 1.26. The lowest BCUT2D eigenvalue weighted by Gasteiger charge is -2.31. The molecule has 1 rings (SSSR count). The molecule has 1 fully saturated rings. The summed E-state index contributed by atoms with van der Waals surface area (Å²) in [6, 6.07) is 0. The quantitative estimate of drug-likeness (QED) is 0.564. The van der Waals surface area contributed by atoms with E-state index in [-0.39, 0.29) is 5.54 Å². The van der Waals surface area contributed by atoms with Gasteiger partial charge in [-0.15, -0.1) is 0 Å². The van der Waals surface area contributed by atoms with Gasteiger partial charge in [0.2, 0.25) is 0 Å². The predicted octanol–water partition coefficient (Wildman–Crippen LogP) is 1.20. The molecule has 0 atom stereocenters. The minimum Gasteiger partial charge on any atom is -0.377 e. The lowest BCUT2D eigenvalue weighted by atomic mass is 10.0. The van der Waals surface area contributed by atoms with E-state index < -0.39 is 0 Å². The first-order chi connectivity index (χ1) is 5.04. The maximum Gasteiger partial charge on any atom is 0.0521 e. The fraction of sp³-hybridized carbons (Fsp3) is 0.778. The van der Waals surface area contributed by atoms with Crippen molar-refractivity contribution in [2.75, 3.05) is 20.1 Å². The highest BCUT2D eigenvalue weighted by Gasteiger charge is 2.25. The summed E-state index contributed by atoms with van der Waals surface area (Å²) in [6.45, 7) is 10.6. The standard InChI is InChI=1S/C9H18N2/c1-8-9(2,3)10-6-5-7-11(8)4/h10H,1,5-7H2,2-4H3. The SMILES string of the molecule is C=C1N(C)CCCNC1(C)C. The van der Waals surface area contributed by atoms with Gasteiger partial charge in [0.1, 0.15) is 0 Å². The lowest BCUT2D eigenvalue weighted by Crippen LogP contribution is -2.42. The molecule has 1 heterocycles. The third kappa shape index (κ3) is 1.74. The van der Waals surface area contributed by atoms with Crippen LogP contribution in [0.5, 0.6) is 0 Å². The molecule has 2 nitrogen and oxygen atoms in total. The summed E-state index contributed by atoms with van der Waals surface area (Å²) in [6.07, 6.45) is 1.21. The molecule has 0 aromatic carbocycles. The van der Waals surface area contributed by atoms with Gasteiger partial charge in [0.15, 0.2) is 0 Å². The zero-order valence-corrected chi connectivity index (χ0v) is 7.78. The van der Waals surface area contributed by atoms with Crippen molar-refractivity contribution in [2.24, 2.45) is 0 Å². The van der Waals surface area contributed by atoms with Crippen LogP contribution in [0.25, 0.3) is 0 Å². The Balaban J connectivity index is 2.73. The molecule has 11 heavy (non-hydrogen) atoms. The Morgan fingerprint density at radius 2 is 2.18 bits per heavy atom. The van der Waals surface area contributed by atoms with Crippen molar-refractivity contribution in [3.05, 3.63) is 12.3 Å². The van der Waals surface area contributed by atoms with E-state index in [9.17, 15) is 0 Å². The van der Waals surface area contributed by atoms with Crippen molar-refractivity contribution in [1.82, 2.24) is 10.2 Å². The van der Waals surface area contributed by atoms with E-state index in [1.165, 1.54) is 12.1 Å². The maximum atomic E-state index is 4.07. The largest absolute Gasteiger partial charge is 0.377 e. The van der Waals surface area contributed by atoms with Crippen LogP contribution in [0.2, 0.25) is 0 Å².